The first-order valence-corrected chi connectivity index (χ1v) is 8.60. The minimum Gasteiger partial charge on any atom is -0.294 e. The molecule has 0 amide bonds. The minimum atomic E-state index is -4.57. The van der Waals surface area contributed by atoms with Gasteiger partial charge in [0.1, 0.15) is 0 Å². The number of nitrogens with zero attached hydrogens (tertiary/aromatic N) is 1. The van der Waals surface area contributed by atoms with Gasteiger partial charge in [0.2, 0.25) is 0 Å². The van der Waals surface area contributed by atoms with Crippen molar-refractivity contribution in [2.45, 2.75) is 48.8 Å². The zero-order valence-corrected chi connectivity index (χ0v) is 12.6. The highest BCUT2D eigenvalue weighted by Crippen LogP contribution is 2.40. The van der Waals surface area contributed by atoms with Crippen LogP contribution in [0.25, 0.3) is 0 Å². The third kappa shape index (κ3) is 2.83. The molecule has 2 unspecified atom stereocenters. The second-order valence-electron chi connectivity index (χ2n) is 5.96. The summed E-state index contributed by atoms with van der Waals surface area (Å²) in [5, 5.41) is -0.0973. The number of halogens is 3. The maximum atomic E-state index is 13.0. The number of pyridine rings is 1. The summed E-state index contributed by atoms with van der Waals surface area (Å²) in [6, 6.07) is 0.842. The average Bonchev–Trinajstić information content (AvgIpc) is 2.45. The maximum absolute atomic E-state index is 13.0. The monoisotopic (exact) mass is 331 g/mol. The van der Waals surface area contributed by atoms with Gasteiger partial charge in [-0.05, 0) is 31.7 Å². The van der Waals surface area contributed by atoms with Crippen molar-refractivity contribution in [1.29, 1.82) is 0 Å². The van der Waals surface area contributed by atoms with Crippen LogP contribution in [-0.4, -0.2) is 25.5 Å². The lowest BCUT2D eigenvalue weighted by molar-refractivity contribution is -0.138. The smallest absolute Gasteiger partial charge is 0.294 e. The molecule has 0 spiro atoms. The summed E-state index contributed by atoms with van der Waals surface area (Å²) in [5.74, 6) is -0.979. The number of ketones is 1. The molecule has 3 heterocycles. The van der Waals surface area contributed by atoms with E-state index in [9.17, 15) is 22.2 Å². The molecule has 0 N–H and O–H groups in total. The van der Waals surface area contributed by atoms with Crippen LogP contribution in [0.4, 0.5) is 13.2 Å². The van der Waals surface area contributed by atoms with Crippen LogP contribution < -0.4 is 0 Å². The van der Waals surface area contributed by atoms with Crippen LogP contribution >= 0.6 is 0 Å². The van der Waals surface area contributed by atoms with Crippen molar-refractivity contribution in [3.63, 3.8) is 0 Å². The zero-order chi connectivity index (χ0) is 15.9. The van der Waals surface area contributed by atoms with Gasteiger partial charge in [-0.15, -0.1) is 0 Å². The predicted octanol–water partition coefficient (Wildman–Crippen LogP) is 3.36. The van der Waals surface area contributed by atoms with Crippen LogP contribution in [0.1, 0.15) is 48.0 Å². The lowest BCUT2D eigenvalue weighted by Gasteiger charge is -2.37. The third-order valence-corrected chi connectivity index (χ3v) is 6.74. The fraction of sp³-hybridized carbons (Fsp3) is 0.600. The maximum Gasteiger partial charge on any atom is 0.417 e. The molecule has 120 valence electrons. The number of Topliss-reactive ketones (excluding diaryl/α,β-unsaturated/α-hetero) is 1. The molecule has 3 rings (SSSR count). The van der Waals surface area contributed by atoms with Gasteiger partial charge in [0, 0.05) is 45.2 Å². The molecule has 2 aliphatic heterocycles. The first kappa shape index (κ1) is 15.6. The fourth-order valence-corrected chi connectivity index (χ4v) is 5.69. The van der Waals surface area contributed by atoms with Crippen LogP contribution in [0.2, 0.25) is 0 Å². The molecule has 2 atom stereocenters. The van der Waals surface area contributed by atoms with E-state index in [0.717, 1.165) is 37.7 Å². The lowest BCUT2D eigenvalue weighted by Crippen LogP contribution is -2.41. The van der Waals surface area contributed by atoms with Crippen molar-refractivity contribution in [2.24, 2.45) is 5.92 Å². The van der Waals surface area contributed by atoms with Crippen molar-refractivity contribution >= 4 is 16.6 Å². The quantitative estimate of drug-likeness (QED) is 0.781. The Hall–Kier alpha value is -1.24. The van der Waals surface area contributed by atoms with Crippen molar-refractivity contribution in [2.75, 3.05) is 0 Å². The highest BCUT2D eigenvalue weighted by atomic mass is 32.2. The van der Waals surface area contributed by atoms with E-state index in [0.29, 0.717) is 12.8 Å². The summed E-state index contributed by atoms with van der Waals surface area (Å²) < 4.78 is 51.3. The van der Waals surface area contributed by atoms with Crippen LogP contribution in [0.15, 0.2) is 18.5 Å². The van der Waals surface area contributed by atoms with Crippen LogP contribution in [0.3, 0.4) is 0 Å². The van der Waals surface area contributed by atoms with Crippen molar-refractivity contribution in [1.82, 2.24) is 4.98 Å². The van der Waals surface area contributed by atoms with Gasteiger partial charge in [0.05, 0.1) is 5.56 Å². The summed E-state index contributed by atoms with van der Waals surface area (Å²) in [7, 11) is -0.942. The Morgan fingerprint density at radius 1 is 1.23 bits per heavy atom. The molecule has 0 radical (unpaired) electrons. The summed E-state index contributed by atoms with van der Waals surface area (Å²) in [4.78, 5) is 16.2. The first-order chi connectivity index (χ1) is 10.4. The third-order valence-electron chi connectivity index (χ3n) is 4.57. The molecular formula is C15H16F3NO2S. The molecule has 3 nitrogen and oxygen atoms in total. The molecule has 1 aromatic rings. The Morgan fingerprint density at radius 2 is 1.86 bits per heavy atom. The van der Waals surface area contributed by atoms with E-state index in [4.69, 9.17) is 0 Å². The molecular weight excluding hydrogens is 315 g/mol. The number of alkyl halides is 3. The van der Waals surface area contributed by atoms with E-state index in [2.05, 4.69) is 4.98 Å². The van der Waals surface area contributed by atoms with Gasteiger partial charge in [0.25, 0.3) is 0 Å². The fourth-order valence-electron chi connectivity index (χ4n) is 3.51. The van der Waals surface area contributed by atoms with E-state index >= 15 is 0 Å². The zero-order valence-electron chi connectivity index (χ0n) is 11.8. The lowest BCUT2D eigenvalue weighted by atomic mass is 9.84. The molecule has 0 aliphatic carbocycles. The van der Waals surface area contributed by atoms with Gasteiger partial charge in [-0.25, -0.2) is 0 Å². The largest absolute Gasteiger partial charge is 0.417 e. The summed E-state index contributed by atoms with van der Waals surface area (Å²) in [5.41, 5.74) is -1.28. The molecule has 2 aliphatic rings. The summed E-state index contributed by atoms with van der Waals surface area (Å²) in [6.45, 7) is 0. The second kappa shape index (κ2) is 5.76. The number of aromatic nitrogens is 1. The molecule has 0 aromatic carbocycles. The topological polar surface area (TPSA) is 47.0 Å². The Kier molecular flexibility index (Phi) is 4.09. The number of hydrogen-bond acceptors (Lipinski definition) is 3. The Bertz CT molecular complexity index is 601. The van der Waals surface area contributed by atoms with E-state index in [1.54, 1.807) is 0 Å². The van der Waals surface area contributed by atoms with Crippen LogP contribution in [0.5, 0.6) is 0 Å². The van der Waals surface area contributed by atoms with E-state index < -0.39 is 34.2 Å². The van der Waals surface area contributed by atoms with E-state index in [1.807, 2.05) is 0 Å². The Morgan fingerprint density at radius 3 is 2.45 bits per heavy atom. The predicted molar refractivity (Wildman–Crippen MR) is 75.9 cm³/mol. The van der Waals surface area contributed by atoms with E-state index in [1.165, 1.54) is 0 Å². The number of carbonyl (C=O) groups is 1. The van der Waals surface area contributed by atoms with Crippen LogP contribution in [0, 0.1) is 5.92 Å². The second-order valence-corrected chi connectivity index (χ2v) is 7.95. The van der Waals surface area contributed by atoms with Gasteiger partial charge in [0.15, 0.2) is 5.78 Å². The average molecular weight is 331 g/mol. The first-order valence-electron chi connectivity index (χ1n) is 7.32. The molecule has 1 aromatic heterocycles. The van der Waals surface area contributed by atoms with Crippen molar-refractivity contribution in [3.8, 4) is 0 Å². The molecule has 0 saturated carbocycles. The molecule has 2 saturated heterocycles. The van der Waals surface area contributed by atoms with Gasteiger partial charge in [-0.1, -0.05) is 6.42 Å². The summed E-state index contributed by atoms with van der Waals surface area (Å²) in [6.07, 6.45) is 0.918. The normalized spacial score (nSPS) is 31.8. The highest BCUT2D eigenvalue weighted by Gasteiger charge is 2.43. The Balaban J connectivity index is 1.88. The standard InChI is InChI=1S/C15H16F3NO2S/c16-15(17,18)13-4-5-19-8-12(13)14(20)9-6-10-2-1-3-11(7-9)22(10)21/h4-5,8-11H,1-3,6-7H2. The van der Waals surface area contributed by atoms with Gasteiger partial charge in [-0.2, -0.15) is 13.2 Å². The highest BCUT2D eigenvalue weighted by molar-refractivity contribution is 7.86. The minimum absolute atomic E-state index is 0.0486. The molecule has 2 bridgehead atoms. The van der Waals surface area contributed by atoms with Gasteiger partial charge >= 0.3 is 6.18 Å². The number of fused-ring (bicyclic) bond motifs is 2. The van der Waals surface area contributed by atoms with Gasteiger partial charge in [-0.3, -0.25) is 14.0 Å². The molecule has 2 fully saturated rings. The van der Waals surface area contributed by atoms with Crippen molar-refractivity contribution < 1.29 is 22.2 Å². The van der Waals surface area contributed by atoms with Gasteiger partial charge < -0.3 is 0 Å². The molecule has 22 heavy (non-hydrogen) atoms. The SMILES string of the molecule is O=C(c1cnccc1C(F)(F)F)C1CC2CCCC(C1)S2=O. The summed E-state index contributed by atoms with van der Waals surface area (Å²) >= 11 is 0. The number of carbonyl (C=O) groups excluding carboxylic acids is 1. The Labute approximate surface area is 128 Å². The number of rotatable bonds is 2. The van der Waals surface area contributed by atoms with Crippen molar-refractivity contribution in [3.05, 3.63) is 29.6 Å². The van der Waals surface area contributed by atoms with E-state index in [-0.39, 0.29) is 16.1 Å². The molecule has 7 heteroatoms. The van der Waals surface area contributed by atoms with Crippen LogP contribution in [-0.2, 0) is 17.0 Å². The number of hydrogen-bond donors (Lipinski definition) is 0.